The maximum Gasteiger partial charge on any atom is 0.303 e. The van der Waals surface area contributed by atoms with Gasteiger partial charge >= 0.3 is 5.97 Å². The number of nitrogens with zero attached hydrogens (tertiary/aromatic N) is 1. The number of aromatic nitrogens is 1. The third kappa shape index (κ3) is 6.71. The van der Waals surface area contributed by atoms with Crippen molar-refractivity contribution in [1.82, 2.24) is 10.3 Å². The van der Waals surface area contributed by atoms with E-state index in [2.05, 4.69) is 10.3 Å². The minimum absolute atomic E-state index is 0.0336. The molecule has 0 aromatic carbocycles. The van der Waals surface area contributed by atoms with Crippen molar-refractivity contribution in [2.75, 3.05) is 0 Å². The van der Waals surface area contributed by atoms with E-state index >= 15 is 0 Å². The molecule has 1 atom stereocenters. The molecule has 1 unspecified atom stereocenters. The molecule has 6 heteroatoms. The van der Waals surface area contributed by atoms with Crippen LogP contribution in [0, 0.1) is 6.92 Å². The number of hydrogen-bond donors (Lipinski definition) is 2. The minimum atomic E-state index is -0.808. The number of aliphatic carboxylic acids is 1. The van der Waals surface area contributed by atoms with E-state index in [-0.39, 0.29) is 18.4 Å². The third-order valence-corrected chi connectivity index (χ3v) is 3.25. The summed E-state index contributed by atoms with van der Waals surface area (Å²) in [4.78, 5) is 26.2. The molecule has 0 radical (unpaired) electrons. The van der Waals surface area contributed by atoms with Gasteiger partial charge < -0.3 is 10.4 Å². The molecule has 0 fully saturated rings. The highest BCUT2D eigenvalue weighted by Crippen LogP contribution is 2.09. The summed E-state index contributed by atoms with van der Waals surface area (Å²) in [5.74, 6) is -0.995. The SMILES string of the molecule is Cc1nc(/C=C/C(=O)NC(C)CCCC(=O)O)cs1. The summed E-state index contributed by atoms with van der Waals surface area (Å²) in [6, 6.07) is -0.0336. The quantitative estimate of drug-likeness (QED) is 0.752. The van der Waals surface area contributed by atoms with Gasteiger partial charge in [-0.05, 0) is 32.8 Å². The Morgan fingerprint density at radius 1 is 1.58 bits per heavy atom. The second-order valence-electron chi connectivity index (χ2n) is 4.32. The second-order valence-corrected chi connectivity index (χ2v) is 5.38. The molecule has 0 saturated heterocycles. The van der Waals surface area contributed by atoms with Gasteiger partial charge in [-0.1, -0.05) is 0 Å². The first-order valence-electron chi connectivity index (χ1n) is 6.10. The van der Waals surface area contributed by atoms with Crippen molar-refractivity contribution in [3.05, 3.63) is 22.2 Å². The van der Waals surface area contributed by atoms with E-state index in [9.17, 15) is 9.59 Å². The van der Waals surface area contributed by atoms with Gasteiger partial charge in [-0.25, -0.2) is 4.98 Å². The second kappa shape index (κ2) is 7.68. The summed E-state index contributed by atoms with van der Waals surface area (Å²) in [6.07, 6.45) is 4.46. The van der Waals surface area contributed by atoms with Crippen LogP contribution in [-0.2, 0) is 9.59 Å². The van der Waals surface area contributed by atoms with Gasteiger partial charge in [0.05, 0.1) is 10.7 Å². The zero-order chi connectivity index (χ0) is 14.3. The average Bonchev–Trinajstić information content (AvgIpc) is 2.72. The van der Waals surface area contributed by atoms with E-state index in [1.807, 2.05) is 19.2 Å². The number of thiazole rings is 1. The van der Waals surface area contributed by atoms with Crippen molar-refractivity contribution in [1.29, 1.82) is 0 Å². The number of rotatable bonds is 7. The lowest BCUT2D eigenvalue weighted by atomic mass is 10.1. The van der Waals surface area contributed by atoms with Crippen LogP contribution in [0.4, 0.5) is 0 Å². The molecular weight excluding hydrogens is 264 g/mol. The largest absolute Gasteiger partial charge is 0.481 e. The molecule has 1 amide bonds. The summed E-state index contributed by atoms with van der Waals surface area (Å²) >= 11 is 1.53. The van der Waals surface area contributed by atoms with Crippen molar-refractivity contribution < 1.29 is 14.7 Å². The van der Waals surface area contributed by atoms with Gasteiger partial charge in [0.15, 0.2) is 0 Å². The van der Waals surface area contributed by atoms with Gasteiger partial charge in [-0.3, -0.25) is 9.59 Å². The van der Waals surface area contributed by atoms with Crippen LogP contribution in [0.1, 0.15) is 36.9 Å². The van der Waals surface area contributed by atoms with Crippen LogP contribution in [0.2, 0.25) is 0 Å². The van der Waals surface area contributed by atoms with Crippen LogP contribution in [0.25, 0.3) is 6.08 Å². The molecule has 0 spiro atoms. The number of carboxylic acids is 1. The van der Waals surface area contributed by atoms with Gasteiger partial charge in [0.25, 0.3) is 0 Å². The summed E-state index contributed by atoms with van der Waals surface area (Å²) in [7, 11) is 0. The Balaban J connectivity index is 2.30. The Morgan fingerprint density at radius 3 is 2.89 bits per heavy atom. The maximum atomic E-state index is 11.6. The predicted molar refractivity (Wildman–Crippen MR) is 75.0 cm³/mol. The Hall–Kier alpha value is -1.69. The first-order valence-corrected chi connectivity index (χ1v) is 6.98. The monoisotopic (exact) mass is 282 g/mol. The van der Waals surface area contributed by atoms with E-state index in [1.54, 1.807) is 6.08 Å². The Morgan fingerprint density at radius 2 is 2.32 bits per heavy atom. The summed E-state index contributed by atoms with van der Waals surface area (Å²) in [5.41, 5.74) is 0.774. The first-order chi connectivity index (χ1) is 8.97. The number of carbonyl (C=O) groups is 2. The van der Waals surface area contributed by atoms with Crippen molar-refractivity contribution in [3.63, 3.8) is 0 Å². The third-order valence-electron chi connectivity index (χ3n) is 2.46. The highest BCUT2D eigenvalue weighted by molar-refractivity contribution is 7.09. The van der Waals surface area contributed by atoms with Crippen LogP contribution in [0.5, 0.6) is 0 Å². The zero-order valence-corrected chi connectivity index (χ0v) is 11.9. The predicted octanol–water partition coefficient (Wildman–Crippen LogP) is 2.22. The molecular formula is C13H18N2O3S. The lowest BCUT2D eigenvalue weighted by Gasteiger charge is -2.11. The molecule has 1 aromatic heterocycles. The molecule has 19 heavy (non-hydrogen) atoms. The Kier molecular flexibility index (Phi) is 6.21. The maximum absolute atomic E-state index is 11.6. The fraction of sp³-hybridized carbons (Fsp3) is 0.462. The summed E-state index contributed by atoms with van der Waals surface area (Å²) in [6.45, 7) is 3.77. The zero-order valence-electron chi connectivity index (χ0n) is 11.0. The van der Waals surface area contributed by atoms with Crippen molar-refractivity contribution in [3.8, 4) is 0 Å². The Bertz CT molecular complexity index is 468. The standard InChI is InChI=1S/C13H18N2O3S/c1-9(4-3-5-13(17)18)14-12(16)7-6-11-8-19-10(2)15-11/h6-9H,3-5H2,1-2H3,(H,14,16)(H,17,18)/b7-6+. The van der Waals surface area contributed by atoms with Crippen molar-refractivity contribution in [2.45, 2.75) is 39.2 Å². The normalized spacial score (nSPS) is 12.5. The van der Waals surface area contributed by atoms with Gasteiger partial charge in [0, 0.05) is 23.9 Å². The lowest BCUT2D eigenvalue weighted by Crippen LogP contribution is -2.31. The number of nitrogens with one attached hydrogen (secondary N) is 1. The molecule has 0 aliphatic rings. The number of carbonyl (C=O) groups excluding carboxylic acids is 1. The highest BCUT2D eigenvalue weighted by Gasteiger charge is 2.06. The van der Waals surface area contributed by atoms with Gasteiger partial charge in [0.1, 0.15) is 0 Å². The van der Waals surface area contributed by atoms with Crippen molar-refractivity contribution in [2.24, 2.45) is 0 Å². The van der Waals surface area contributed by atoms with Gasteiger partial charge in [0.2, 0.25) is 5.91 Å². The van der Waals surface area contributed by atoms with E-state index in [4.69, 9.17) is 5.11 Å². The fourth-order valence-corrected chi connectivity index (χ4v) is 2.12. The fourth-order valence-electron chi connectivity index (χ4n) is 1.54. The first kappa shape index (κ1) is 15.4. The number of aryl methyl sites for hydroxylation is 1. The molecule has 104 valence electrons. The van der Waals surface area contributed by atoms with E-state index < -0.39 is 5.97 Å². The van der Waals surface area contributed by atoms with E-state index in [1.165, 1.54) is 17.4 Å². The lowest BCUT2D eigenvalue weighted by molar-refractivity contribution is -0.137. The highest BCUT2D eigenvalue weighted by atomic mass is 32.1. The summed E-state index contributed by atoms with van der Waals surface area (Å²) < 4.78 is 0. The minimum Gasteiger partial charge on any atom is -0.481 e. The molecule has 0 aliphatic heterocycles. The molecule has 2 N–H and O–H groups in total. The van der Waals surface area contributed by atoms with Crippen molar-refractivity contribution >= 4 is 29.3 Å². The van der Waals surface area contributed by atoms with Crippen LogP contribution in [0.15, 0.2) is 11.5 Å². The van der Waals surface area contributed by atoms with Gasteiger partial charge in [-0.15, -0.1) is 11.3 Å². The van der Waals surface area contributed by atoms with E-state index in [0.29, 0.717) is 12.8 Å². The van der Waals surface area contributed by atoms with E-state index in [0.717, 1.165) is 10.7 Å². The topological polar surface area (TPSA) is 79.3 Å². The molecule has 1 rings (SSSR count). The Labute approximate surface area is 116 Å². The molecule has 1 aromatic rings. The molecule has 0 bridgehead atoms. The molecule has 0 aliphatic carbocycles. The van der Waals surface area contributed by atoms with Crippen LogP contribution >= 0.6 is 11.3 Å². The molecule has 1 heterocycles. The van der Waals surface area contributed by atoms with Crippen LogP contribution in [0.3, 0.4) is 0 Å². The number of carboxylic acid groups (broad SMARTS) is 1. The smallest absolute Gasteiger partial charge is 0.303 e. The molecule has 5 nitrogen and oxygen atoms in total. The number of hydrogen-bond acceptors (Lipinski definition) is 4. The summed E-state index contributed by atoms with van der Waals surface area (Å²) in [5, 5.41) is 14.1. The molecule has 0 saturated carbocycles. The number of amides is 1. The van der Waals surface area contributed by atoms with Crippen LogP contribution < -0.4 is 5.32 Å². The average molecular weight is 282 g/mol. The van der Waals surface area contributed by atoms with Gasteiger partial charge in [-0.2, -0.15) is 0 Å². The van der Waals surface area contributed by atoms with Crippen LogP contribution in [-0.4, -0.2) is 28.0 Å².